The van der Waals surface area contributed by atoms with E-state index in [1.54, 1.807) is 24.3 Å². The van der Waals surface area contributed by atoms with Gasteiger partial charge in [-0.05, 0) is 47.4 Å². The van der Waals surface area contributed by atoms with Crippen molar-refractivity contribution in [2.24, 2.45) is 11.7 Å². The first-order valence-electron chi connectivity index (χ1n) is 10.4. The van der Waals surface area contributed by atoms with Crippen molar-refractivity contribution < 1.29 is 27.0 Å². The second-order valence-corrected chi connectivity index (χ2v) is 7.90. The SMILES string of the molecule is CCC(N)C1COC(c2ccc(-c3cc(F)c(-c4ccc(F)c(F)c4)c(F)c3)cc2)OC1. The van der Waals surface area contributed by atoms with Crippen LogP contribution in [0.2, 0.25) is 0 Å². The molecule has 0 amide bonds. The minimum Gasteiger partial charge on any atom is -0.348 e. The number of halogens is 4. The van der Waals surface area contributed by atoms with Crippen LogP contribution in [0.1, 0.15) is 25.2 Å². The molecule has 1 heterocycles. The third-order valence-corrected chi connectivity index (χ3v) is 5.77. The minimum atomic E-state index is -1.17. The third-order valence-electron chi connectivity index (χ3n) is 5.77. The summed E-state index contributed by atoms with van der Waals surface area (Å²) < 4.78 is 67.6. The van der Waals surface area contributed by atoms with E-state index in [0.717, 1.165) is 30.2 Å². The molecule has 0 radical (unpaired) electrons. The zero-order valence-corrected chi connectivity index (χ0v) is 17.5. The van der Waals surface area contributed by atoms with Crippen molar-refractivity contribution in [2.75, 3.05) is 13.2 Å². The molecule has 7 heteroatoms. The van der Waals surface area contributed by atoms with E-state index in [0.29, 0.717) is 24.3 Å². The van der Waals surface area contributed by atoms with Crippen molar-refractivity contribution in [2.45, 2.75) is 25.7 Å². The van der Waals surface area contributed by atoms with Gasteiger partial charge in [0.15, 0.2) is 17.9 Å². The Morgan fingerprint density at radius 2 is 1.34 bits per heavy atom. The van der Waals surface area contributed by atoms with Crippen LogP contribution in [0.25, 0.3) is 22.3 Å². The molecule has 168 valence electrons. The molecule has 3 aromatic rings. The van der Waals surface area contributed by atoms with Gasteiger partial charge in [0.05, 0.1) is 18.8 Å². The van der Waals surface area contributed by atoms with Crippen LogP contribution in [0.5, 0.6) is 0 Å². The Balaban J connectivity index is 1.53. The average Bonchev–Trinajstić information content (AvgIpc) is 2.80. The largest absolute Gasteiger partial charge is 0.348 e. The second kappa shape index (κ2) is 9.40. The lowest BCUT2D eigenvalue weighted by molar-refractivity contribution is -0.208. The Morgan fingerprint density at radius 3 is 1.91 bits per heavy atom. The van der Waals surface area contributed by atoms with Crippen molar-refractivity contribution in [1.82, 2.24) is 0 Å². The lowest BCUT2D eigenvalue weighted by Crippen LogP contribution is -2.39. The van der Waals surface area contributed by atoms with Crippen molar-refractivity contribution in [3.63, 3.8) is 0 Å². The number of hydrogen-bond donors (Lipinski definition) is 1. The van der Waals surface area contributed by atoms with Crippen molar-refractivity contribution in [3.05, 3.63) is 83.4 Å². The predicted octanol–water partition coefficient (Wildman–Crippen LogP) is 5.98. The van der Waals surface area contributed by atoms with Crippen molar-refractivity contribution in [1.29, 1.82) is 0 Å². The van der Waals surface area contributed by atoms with E-state index >= 15 is 0 Å². The summed E-state index contributed by atoms with van der Waals surface area (Å²) in [6, 6.07) is 12.1. The van der Waals surface area contributed by atoms with Crippen LogP contribution in [0.15, 0.2) is 54.6 Å². The number of rotatable bonds is 5. The highest BCUT2D eigenvalue weighted by atomic mass is 19.2. The molecule has 1 aliphatic rings. The first kappa shape index (κ1) is 22.5. The Hall–Kier alpha value is -2.74. The summed E-state index contributed by atoms with van der Waals surface area (Å²) >= 11 is 0. The Morgan fingerprint density at radius 1 is 0.781 bits per heavy atom. The molecular formula is C25H23F4NO2. The smallest absolute Gasteiger partial charge is 0.183 e. The highest BCUT2D eigenvalue weighted by Crippen LogP contribution is 2.33. The molecule has 1 saturated heterocycles. The van der Waals surface area contributed by atoms with Crippen LogP contribution < -0.4 is 5.73 Å². The Labute approximate surface area is 183 Å². The summed E-state index contributed by atoms with van der Waals surface area (Å²) in [4.78, 5) is 0. The van der Waals surface area contributed by atoms with Crippen LogP contribution in [-0.4, -0.2) is 19.3 Å². The van der Waals surface area contributed by atoms with E-state index in [9.17, 15) is 17.6 Å². The summed E-state index contributed by atoms with van der Waals surface area (Å²) in [5.74, 6) is -3.84. The predicted molar refractivity (Wildman–Crippen MR) is 114 cm³/mol. The molecule has 0 aliphatic carbocycles. The average molecular weight is 445 g/mol. The molecule has 0 bridgehead atoms. The molecule has 3 nitrogen and oxygen atoms in total. The number of benzene rings is 3. The van der Waals surface area contributed by atoms with Gasteiger partial charge >= 0.3 is 0 Å². The first-order valence-corrected chi connectivity index (χ1v) is 10.4. The van der Waals surface area contributed by atoms with Gasteiger partial charge in [0.25, 0.3) is 0 Å². The quantitative estimate of drug-likeness (QED) is 0.492. The summed E-state index contributed by atoms with van der Waals surface area (Å²) in [6.45, 7) is 3.03. The first-order chi connectivity index (χ1) is 15.4. The van der Waals surface area contributed by atoms with E-state index in [1.807, 2.05) is 6.92 Å². The van der Waals surface area contributed by atoms with Crippen molar-refractivity contribution in [3.8, 4) is 22.3 Å². The van der Waals surface area contributed by atoms with Gasteiger partial charge in [-0.1, -0.05) is 37.3 Å². The molecule has 0 aromatic heterocycles. The topological polar surface area (TPSA) is 44.5 Å². The van der Waals surface area contributed by atoms with Gasteiger partial charge in [-0.15, -0.1) is 0 Å². The van der Waals surface area contributed by atoms with E-state index in [2.05, 4.69) is 0 Å². The van der Waals surface area contributed by atoms with Gasteiger partial charge in [0.2, 0.25) is 0 Å². The highest BCUT2D eigenvalue weighted by molar-refractivity contribution is 5.72. The van der Waals surface area contributed by atoms with E-state index in [4.69, 9.17) is 15.2 Å². The number of hydrogen-bond acceptors (Lipinski definition) is 3. The summed E-state index contributed by atoms with van der Waals surface area (Å²) in [7, 11) is 0. The fraction of sp³-hybridized carbons (Fsp3) is 0.280. The zero-order chi connectivity index (χ0) is 22.8. The van der Waals surface area contributed by atoms with Gasteiger partial charge in [0, 0.05) is 17.5 Å². The van der Waals surface area contributed by atoms with E-state index in [1.165, 1.54) is 12.1 Å². The van der Waals surface area contributed by atoms with Crippen LogP contribution in [-0.2, 0) is 9.47 Å². The monoisotopic (exact) mass is 445 g/mol. The van der Waals surface area contributed by atoms with E-state index in [-0.39, 0.29) is 17.5 Å². The molecular weight excluding hydrogens is 422 g/mol. The molecule has 0 saturated carbocycles. The maximum atomic E-state index is 14.7. The molecule has 1 aliphatic heterocycles. The second-order valence-electron chi connectivity index (χ2n) is 7.90. The highest BCUT2D eigenvalue weighted by Gasteiger charge is 2.27. The maximum Gasteiger partial charge on any atom is 0.183 e. The van der Waals surface area contributed by atoms with Crippen molar-refractivity contribution >= 4 is 0 Å². The zero-order valence-electron chi connectivity index (χ0n) is 17.5. The third kappa shape index (κ3) is 4.55. The van der Waals surface area contributed by atoms with Gasteiger partial charge in [0.1, 0.15) is 11.6 Å². The fourth-order valence-corrected chi connectivity index (χ4v) is 3.79. The molecule has 4 rings (SSSR count). The normalized spacial score (nSPS) is 19.7. The fourth-order valence-electron chi connectivity index (χ4n) is 3.79. The standard InChI is InChI=1S/C25H23F4NO2/c1-2-23(30)18-12-31-25(32-13-18)15-5-3-14(4-6-15)17-10-21(28)24(22(29)11-17)16-7-8-19(26)20(27)9-16/h3-11,18,23,25H,2,12-13,30H2,1H3. The van der Waals surface area contributed by atoms with Crippen LogP contribution in [0.4, 0.5) is 17.6 Å². The summed E-state index contributed by atoms with van der Waals surface area (Å²) in [5, 5.41) is 0. The molecule has 1 atom stereocenters. The lowest BCUT2D eigenvalue weighted by Gasteiger charge is -2.32. The van der Waals surface area contributed by atoms with Gasteiger partial charge in [-0.3, -0.25) is 0 Å². The van der Waals surface area contributed by atoms with Gasteiger partial charge in [-0.2, -0.15) is 0 Å². The number of nitrogens with two attached hydrogens (primary N) is 1. The minimum absolute atomic E-state index is 0.0255. The lowest BCUT2D eigenvalue weighted by atomic mass is 9.97. The van der Waals surface area contributed by atoms with Crippen LogP contribution >= 0.6 is 0 Å². The molecule has 3 aromatic carbocycles. The Bertz CT molecular complexity index is 1070. The number of ether oxygens (including phenoxy) is 2. The summed E-state index contributed by atoms with van der Waals surface area (Å²) in [6.07, 6.45) is 0.326. The van der Waals surface area contributed by atoms with Crippen LogP contribution in [0.3, 0.4) is 0 Å². The van der Waals surface area contributed by atoms with Gasteiger partial charge < -0.3 is 15.2 Å². The van der Waals surface area contributed by atoms with Gasteiger partial charge in [-0.25, -0.2) is 17.6 Å². The molecule has 1 unspecified atom stereocenters. The van der Waals surface area contributed by atoms with E-state index < -0.39 is 35.1 Å². The maximum absolute atomic E-state index is 14.7. The molecule has 32 heavy (non-hydrogen) atoms. The molecule has 0 spiro atoms. The molecule has 2 N–H and O–H groups in total. The Kier molecular flexibility index (Phi) is 6.60. The van der Waals surface area contributed by atoms with Crippen LogP contribution in [0, 0.1) is 29.2 Å². The summed E-state index contributed by atoms with van der Waals surface area (Å²) in [5.41, 5.74) is 7.25. The molecule has 1 fully saturated rings.